The summed E-state index contributed by atoms with van der Waals surface area (Å²) in [6, 6.07) is 13.3. The van der Waals surface area contributed by atoms with Gasteiger partial charge in [-0.25, -0.2) is 0 Å². The Hall–Kier alpha value is -3.02. The Morgan fingerprint density at radius 1 is 0.964 bits per heavy atom. The average molecular weight is 384 g/mol. The molecule has 2 aromatic rings. The van der Waals surface area contributed by atoms with E-state index in [1.807, 2.05) is 20.8 Å². The molecule has 150 valence electrons. The van der Waals surface area contributed by atoms with Gasteiger partial charge in [-0.2, -0.15) is 0 Å². The van der Waals surface area contributed by atoms with Gasteiger partial charge in [-0.15, -0.1) is 0 Å². The predicted molar refractivity (Wildman–Crippen MR) is 110 cm³/mol. The largest absolute Gasteiger partial charge is 0.497 e. The van der Waals surface area contributed by atoms with Crippen LogP contribution in [-0.4, -0.2) is 31.6 Å². The maximum absolute atomic E-state index is 12.7. The molecule has 0 saturated carbocycles. The van der Waals surface area contributed by atoms with Crippen molar-refractivity contribution in [3.05, 3.63) is 54.1 Å². The molecule has 2 N–H and O–H groups in total. The van der Waals surface area contributed by atoms with E-state index in [0.29, 0.717) is 35.8 Å². The van der Waals surface area contributed by atoms with Crippen LogP contribution in [0.2, 0.25) is 0 Å². The molecule has 0 spiro atoms. The molecule has 28 heavy (non-hydrogen) atoms. The van der Waals surface area contributed by atoms with E-state index >= 15 is 0 Å². The number of carbonyl (C=O) groups is 2. The second-order valence-electron chi connectivity index (χ2n) is 6.83. The fraction of sp³-hybridized carbons (Fsp3) is 0.364. The minimum Gasteiger partial charge on any atom is -0.497 e. The number of nitrogens with one attached hydrogen (secondary N) is 2. The summed E-state index contributed by atoms with van der Waals surface area (Å²) >= 11 is 0. The lowest BCUT2D eigenvalue weighted by Gasteiger charge is -2.20. The van der Waals surface area contributed by atoms with E-state index in [1.54, 1.807) is 55.6 Å². The average Bonchev–Trinajstić information content (AvgIpc) is 2.68. The molecule has 1 unspecified atom stereocenters. The SMILES string of the molecule is CCOc1ccc(C(=O)NC(CC(C)C)C(=O)Nc2ccc(OC)cc2)cc1. The van der Waals surface area contributed by atoms with Crippen LogP contribution in [0.1, 0.15) is 37.6 Å². The number of carbonyl (C=O) groups excluding carboxylic acids is 2. The Morgan fingerprint density at radius 2 is 1.57 bits per heavy atom. The highest BCUT2D eigenvalue weighted by Gasteiger charge is 2.22. The fourth-order valence-electron chi connectivity index (χ4n) is 2.72. The highest BCUT2D eigenvalue weighted by atomic mass is 16.5. The van der Waals surface area contributed by atoms with Gasteiger partial charge in [0.25, 0.3) is 5.91 Å². The summed E-state index contributed by atoms with van der Waals surface area (Å²) in [7, 11) is 1.59. The van der Waals surface area contributed by atoms with E-state index in [0.717, 1.165) is 0 Å². The molecule has 6 nitrogen and oxygen atoms in total. The second kappa shape index (κ2) is 10.3. The summed E-state index contributed by atoms with van der Waals surface area (Å²) in [6.07, 6.45) is 0.532. The third-order valence-electron chi connectivity index (χ3n) is 4.11. The minimum absolute atomic E-state index is 0.243. The van der Waals surface area contributed by atoms with Crippen LogP contribution in [0.3, 0.4) is 0 Å². The number of rotatable bonds is 9. The highest BCUT2D eigenvalue weighted by Crippen LogP contribution is 2.17. The normalized spacial score (nSPS) is 11.6. The van der Waals surface area contributed by atoms with Crippen LogP contribution in [0, 0.1) is 5.92 Å². The first-order chi connectivity index (χ1) is 13.4. The van der Waals surface area contributed by atoms with Crippen molar-refractivity contribution in [2.24, 2.45) is 5.92 Å². The standard InChI is InChI=1S/C22H28N2O4/c1-5-28-19-10-6-16(7-11-19)21(25)24-20(14-15(2)3)22(26)23-17-8-12-18(27-4)13-9-17/h6-13,15,20H,5,14H2,1-4H3,(H,23,26)(H,24,25). The van der Waals surface area contributed by atoms with E-state index in [4.69, 9.17) is 9.47 Å². The highest BCUT2D eigenvalue weighted by molar-refractivity contribution is 6.01. The maximum atomic E-state index is 12.7. The molecule has 0 aliphatic heterocycles. The van der Waals surface area contributed by atoms with Crippen LogP contribution in [0.15, 0.2) is 48.5 Å². The van der Waals surface area contributed by atoms with Crippen LogP contribution >= 0.6 is 0 Å². The number of hydrogen-bond acceptors (Lipinski definition) is 4. The van der Waals surface area contributed by atoms with Crippen LogP contribution in [0.5, 0.6) is 11.5 Å². The first kappa shape index (κ1) is 21.3. The number of ether oxygens (including phenoxy) is 2. The van der Waals surface area contributed by atoms with Crippen molar-refractivity contribution in [1.82, 2.24) is 5.32 Å². The van der Waals surface area contributed by atoms with E-state index < -0.39 is 6.04 Å². The Balaban J connectivity index is 2.06. The van der Waals surface area contributed by atoms with Gasteiger partial charge < -0.3 is 20.1 Å². The van der Waals surface area contributed by atoms with Crippen LogP contribution in [0.25, 0.3) is 0 Å². The minimum atomic E-state index is -0.638. The van der Waals surface area contributed by atoms with E-state index in [1.165, 1.54) is 0 Å². The van der Waals surface area contributed by atoms with Gasteiger partial charge in [0.05, 0.1) is 13.7 Å². The number of anilines is 1. The van der Waals surface area contributed by atoms with Crippen molar-refractivity contribution >= 4 is 17.5 Å². The molecule has 0 aliphatic carbocycles. The summed E-state index contributed by atoms with van der Waals surface area (Å²) in [4.78, 5) is 25.3. The third-order valence-corrected chi connectivity index (χ3v) is 4.11. The van der Waals surface area contributed by atoms with E-state index in [-0.39, 0.29) is 17.7 Å². The van der Waals surface area contributed by atoms with Crippen molar-refractivity contribution in [2.75, 3.05) is 19.0 Å². The molecule has 0 saturated heterocycles. The zero-order valence-electron chi connectivity index (χ0n) is 16.8. The topological polar surface area (TPSA) is 76.7 Å². The Bertz CT molecular complexity index is 770. The summed E-state index contributed by atoms with van der Waals surface area (Å²) in [5, 5.41) is 5.69. The van der Waals surface area contributed by atoms with Gasteiger partial charge in [0, 0.05) is 11.3 Å². The van der Waals surface area contributed by atoms with Gasteiger partial charge in [0.15, 0.2) is 0 Å². The monoisotopic (exact) mass is 384 g/mol. The molecular weight excluding hydrogens is 356 g/mol. The molecule has 2 amide bonds. The zero-order chi connectivity index (χ0) is 20.5. The van der Waals surface area contributed by atoms with Crippen molar-refractivity contribution in [3.8, 4) is 11.5 Å². The lowest BCUT2D eigenvalue weighted by molar-refractivity contribution is -0.118. The van der Waals surface area contributed by atoms with Gasteiger partial charge >= 0.3 is 0 Å². The third kappa shape index (κ3) is 6.30. The summed E-state index contributed by atoms with van der Waals surface area (Å²) in [5.41, 5.74) is 1.13. The molecule has 0 aliphatic rings. The lowest BCUT2D eigenvalue weighted by atomic mass is 10.0. The van der Waals surface area contributed by atoms with Crippen molar-refractivity contribution in [3.63, 3.8) is 0 Å². The molecule has 0 heterocycles. The Morgan fingerprint density at radius 3 is 2.11 bits per heavy atom. The van der Waals surface area contributed by atoms with Crippen molar-refractivity contribution in [1.29, 1.82) is 0 Å². The molecule has 1 atom stereocenters. The molecule has 0 aromatic heterocycles. The van der Waals surface area contributed by atoms with Gasteiger partial charge in [0.1, 0.15) is 17.5 Å². The maximum Gasteiger partial charge on any atom is 0.251 e. The smallest absolute Gasteiger partial charge is 0.251 e. The van der Waals surface area contributed by atoms with E-state index in [2.05, 4.69) is 10.6 Å². The molecule has 2 aromatic carbocycles. The lowest BCUT2D eigenvalue weighted by Crippen LogP contribution is -2.44. The molecule has 6 heteroatoms. The summed E-state index contributed by atoms with van der Waals surface area (Å²) in [5.74, 6) is 1.11. The van der Waals surface area contributed by atoms with Crippen LogP contribution in [-0.2, 0) is 4.79 Å². The van der Waals surface area contributed by atoms with Crippen LogP contribution < -0.4 is 20.1 Å². The molecule has 0 bridgehead atoms. The van der Waals surface area contributed by atoms with E-state index in [9.17, 15) is 9.59 Å². The number of methoxy groups -OCH3 is 1. The number of amides is 2. The molecular formula is C22H28N2O4. The fourth-order valence-corrected chi connectivity index (χ4v) is 2.72. The van der Waals surface area contributed by atoms with Crippen molar-refractivity contribution in [2.45, 2.75) is 33.2 Å². The van der Waals surface area contributed by atoms with Crippen molar-refractivity contribution < 1.29 is 19.1 Å². The first-order valence-electron chi connectivity index (χ1n) is 9.41. The van der Waals surface area contributed by atoms with Gasteiger partial charge in [-0.05, 0) is 67.8 Å². The quantitative estimate of drug-likeness (QED) is 0.688. The van der Waals surface area contributed by atoms with Gasteiger partial charge in [0.2, 0.25) is 5.91 Å². The van der Waals surface area contributed by atoms with Gasteiger partial charge in [-0.1, -0.05) is 13.8 Å². The molecule has 2 rings (SSSR count). The summed E-state index contributed by atoms with van der Waals surface area (Å²) < 4.78 is 10.5. The summed E-state index contributed by atoms with van der Waals surface area (Å²) in [6.45, 7) is 6.49. The molecule has 0 radical (unpaired) electrons. The first-order valence-corrected chi connectivity index (χ1v) is 9.41. The number of benzene rings is 2. The zero-order valence-corrected chi connectivity index (χ0v) is 16.8. The Labute approximate surface area is 166 Å². The number of hydrogen-bond donors (Lipinski definition) is 2. The van der Waals surface area contributed by atoms with Crippen LogP contribution in [0.4, 0.5) is 5.69 Å². The molecule has 0 fully saturated rings. The predicted octanol–water partition coefficient (Wildman–Crippen LogP) is 3.88. The van der Waals surface area contributed by atoms with Gasteiger partial charge in [-0.3, -0.25) is 9.59 Å². The Kier molecular flexibility index (Phi) is 7.87. The second-order valence-corrected chi connectivity index (χ2v) is 6.83.